The van der Waals surface area contributed by atoms with Crippen LogP contribution in [0.3, 0.4) is 0 Å². The second-order valence-electron chi connectivity index (χ2n) is 8.95. The van der Waals surface area contributed by atoms with E-state index in [4.69, 9.17) is 26.7 Å². The van der Waals surface area contributed by atoms with Gasteiger partial charge in [0.2, 0.25) is 0 Å². The average Bonchev–Trinajstić information content (AvgIpc) is 3.53. The molecule has 35 heavy (non-hydrogen) atoms. The van der Waals surface area contributed by atoms with Crippen LogP contribution < -0.4 is 5.73 Å². The smallest absolute Gasteiger partial charge is 0.257 e. The number of benzene rings is 2. The highest BCUT2D eigenvalue weighted by molar-refractivity contribution is 6.30. The summed E-state index contributed by atoms with van der Waals surface area (Å²) in [5.74, 6) is 0.838. The quantitative estimate of drug-likeness (QED) is 0.294. The highest BCUT2D eigenvalue weighted by Crippen LogP contribution is 2.33. The molecule has 1 amide bonds. The van der Waals surface area contributed by atoms with E-state index in [-0.39, 0.29) is 17.9 Å². The maximum atomic E-state index is 13.6. The number of aromatic nitrogens is 2. The van der Waals surface area contributed by atoms with Gasteiger partial charge in [-0.05, 0) is 42.6 Å². The number of nitrogens with two attached hydrogens (primary N) is 1. The molecule has 4 rings (SSSR count). The van der Waals surface area contributed by atoms with E-state index in [1.54, 1.807) is 6.07 Å². The van der Waals surface area contributed by atoms with Crippen molar-refractivity contribution < 1.29 is 9.21 Å². The van der Waals surface area contributed by atoms with E-state index in [0.29, 0.717) is 36.6 Å². The first-order valence-corrected chi connectivity index (χ1v) is 12.3. The van der Waals surface area contributed by atoms with Gasteiger partial charge in [-0.3, -0.25) is 4.79 Å². The topological polar surface area (TPSA) is 77.3 Å². The number of furan rings is 1. The van der Waals surface area contributed by atoms with Crippen molar-refractivity contribution in [3.05, 3.63) is 101 Å². The van der Waals surface area contributed by atoms with Gasteiger partial charge >= 0.3 is 0 Å². The molecule has 7 heteroatoms. The lowest BCUT2D eigenvalue weighted by atomic mass is 10.00. The molecule has 182 valence electrons. The van der Waals surface area contributed by atoms with Gasteiger partial charge in [0.25, 0.3) is 5.91 Å². The summed E-state index contributed by atoms with van der Waals surface area (Å²) >= 11 is 6.28. The molecule has 0 aliphatic carbocycles. The van der Waals surface area contributed by atoms with Crippen molar-refractivity contribution in [1.82, 2.24) is 14.5 Å². The van der Waals surface area contributed by atoms with Crippen LogP contribution in [-0.4, -0.2) is 33.4 Å². The lowest BCUT2D eigenvalue weighted by Crippen LogP contribution is -2.40. The second-order valence-corrected chi connectivity index (χ2v) is 9.39. The molecule has 0 aliphatic heterocycles. The van der Waals surface area contributed by atoms with Crippen LogP contribution in [-0.2, 0) is 6.54 Å². The van der Waals surface area contributed by atoms with Crippen LogP contribution in [0.15, 0.2) is 83.8 Å². The van der Waals surface area contributed by atoms with E-state index in [0.717, 1.165) is 22.6 Å². The monoisotopic (exact) mass is 490 g/mol. The molecule has 2 aromatic carbocycles. The highest BCUT2D eigenvalue weighted by atomic mass is 35.5. The van der Waals surface area contributed by atoms with Gasteiger partial charge in [-0.15, -0.1) is 0 Å². The molecule has 2 heterocycles. The Morgan fingerprint density at radius 2 is 1.94 bits per heavy atom. The summed E-state index contributed by atoms with van der Waals surface area (Å²) < 4.78 is 7.35. The third-order valence-corrected chi connectivity index (χ3v) is 6.22. The van der Waals surface area contributed by atoms with Crippen molar-refractivity contribution in [2.24, 2.45) is 11.7 Å². The first-order chi connectivity index (χ1) is 17.0. The zero-order valence-corrected chi connectivity index (χ0v) is 20.9. The van der Waals surface area contributed by atoms with Gasteiger partial charge in [-0.25, -0.2) is 4.98 Å². The maximum absolute atomic E-state index is 13.6. The van der Waals surface area contributed by atoms with E-state index < -0.39 is 0 Å². The van der Waals surface area contributed by atoms with Gasteiger partial charge in [0, 0.05) is 29.9 Å². The first-order valence-electron chi connectivity index (χ1n) is 11.9. The highest BCUT2D eigenvalue weighted by Gasteiger charge is 2.32. The van der Waals surface area contributed by atoms with Gasteiger partial charge in [0.1, 0.15) is 12.1 Å². The predicted octanol–water partition coefficient (Wildman–Crippen LogP) is 6.03. The van der Waals surface area contributed by atoms with Crippen molar-refractivity contribution in [1.29, 1.82) is 0 Å². The van der Waals surface area contributed by atoms with Crippen LogP contribution in [0.4, 0.5) is 0 Å². The Morgan fingerprint density at radius 1 is 1.14 bits per heavy atom. The SMILES string of the molecule is CC(C)C(c1nc(-c2cccc(Cl)c2)cn1Cc1ccccc1)N(CCCN)C(=O)c1ccoc1. The molecule has 1 atom stereocenters. The molecule has 0 bridgehead atoms. The van der Waals surface area contributed by atoms with Crippen molar-refractivity contribution in [3.63, 3.8) is 0 Å². The number of carbonyl (C=O) groups is 1. The number of imidazole rings is 1. The molecule has 0 fully saturated rings. The molecular weight excluding hydrogens is 460 g/mol. The summed E-state index contributed by atoms with van der Waals surface area (Å²) in [6, 6.07) is 19.4. The summed E-state index contributed by atoms with van der Waals surface area (Å²) in [6.07, 6.45) is 5.75. The van der Waals surface area contributed by atoms with Crippen molar-refractivity contribution in [2.45, 2.75) is 32.9 Å². The molecule has 0 saturated carbocycles. The van der Waals surface area contributed by atoms with Gasteiger partial charge < -0.3 is 19.6 Å². The summed E-state index contributed by atoms with van der Waals surface area (Å²) in [5.41, 5.74) is 9.27. The molecule has 2 N–H and O–H groups in total. The van der Waals surface area contributed by atoms with Gasteiger partial charge in [0.15, 0.2) is 0 Å². The normalized spacial score (nSPS) is 12.1. The summed E-state index contributed by atoms with van der Waals surface area (Å²) in [4.78, 5) is 20.6. The summed E-state index contributed by atoms with van der Waals surface area (Å²) in [6.45, 7) is 5.88. The van der Waals surface area contributed by atoms with E-state index in [9.17, 15) is 4.79 Å². The second kappa shape index (κ2) is 11.4. The molecule has 0 saturated heterocycles. The van der Waals surface area contributed by atoms with Crippen molar-refractivity contribution in [3.8, 4) is 11.3 Å². The fraction of sp³-hybridized carbons (Fsp3) is 0.286. The van der Waals surface area contributed by atoms with E-state index in [1.165, 1.54) is 12.5 Å². The molecule has 0 spiro atoms. The Bertz CT molecular complexity index is 1240. The Labute approximate surface area is 211 Å². The van der Waals surface area contributed by atoms with E-state index in [1.807, 2.05) is 53.6 Å². The minimum Gasteiger partial charge on any atom is -0.472 e. The third-order valence-electron chi connectivity index (χ3n) is 5.99. The number of hydrogen-bond acceptors (Lipinski definition) is 4. The predicted molar refractivity (Wildman–Crippen MR) is 139 cm³/mol. The Morgan fingerprint density at radius 3 is 2.60 bits per heavy atom. The number of amides is 1. The standard InChI is InChI=1S/C28H31ClN4O2/c1-20(2)26(33(14-7-13-30)28(34)23-12-15-35-19-23)27-31-25(22-10-6-11-24(29)16-22)18-32(27)17-21-8-4-3-5-9-21/h3-6,8-12,15-16,18-20,26H,7,13-14,17,30H2,1-2H3. The number of hydrogen-bond donors (Lipinski definition) is 1. The van der Waals surface area contributed by atoms with Crippen LogP contribution >= 0.6 is 11.6 Å². The molecule has 4 aromatic rings. The Kier molecular flexibility index (Phi) is 8.06. The summed E-state index contributed by atoms with van der Waals surface area (Å²) in [5, 5.41) is 0.654. The minimum atomic E-state index is -0.263. The summed E-state index contributed by atoms with van der Waals surface area (Å²) in [7, 11) is 0. The molecular formula is C28H31ClN4O2. The Balaban J connectivity index is 1.82. The molecule has 0 aliphatic rings. The maximum Gasteiger partial charge on any atom is 0.257 e. The van der Waals surface area contributed by atoms with Crippen molar-refractivity contribution >= 4 is 17.5 Å². The third kappa shape index (κ3) is 5.84. The van der Waals surface area contributed by atoms with Crippen LogP contribution in [0.2, 0.25) is 5.02 Å². The fourth-order valence-corrected chi connectivity index (χ4v) is 4.53. The zero-order chi connectivity index (χ0) is 24.8. The lowest BCUT2D eigenvalue weighted by molar-refractivity contribution is 0.0604. The number of carbonyl (C=O) groups excluding carboxylic acids is 1. The average molecular weight is 491 g/mol. The van der Waals surface area contributed by atoms with Gasteiger partial charge in [-0.2, -0.15) is 0 Å². The van der Waals surface area contributed by atoms with E-state index >= 15 is 0 Å². The van der Waals surface area contributed by atoms with Gasteiger partial charge in [-0.1, -0.05) is 67.9 Å². The lowest BCUT2D eigenvalue weighted by Gasteiger charge is -2.34. The van der Waals surface area contributed by atoms with Crippen LogP contribution in [0, 0.1) is 5.92 Å². The van der Waals surface area contributed by atoms with E-state index in [2.05, 4.69) is 30.5 Å². The molecule has 0 radical (unpaired) electrons. The van der Waals surface area contributed by atoms with Gasteiger partial charge in [0.05, 0.1) is 23.6 Å². The number of nitrogens with zero attached hydrogens (tertiary/aromatic N) is 3. The number of rotatable bonds is 10. The Hall–Kier alpha value is -3.35. The van der Waals surface area contributed by atoms with Crippen LogP contribution in [0.1, 0.15) is 48.1 Å². The van der Waals surface area contributed by atoms with Crippen LogP contribution in [0.25, 0.3) is 11.3 Å². The molecule has 6 nitrogen and oxygen atoms in total. The van der Waals surface area contributed by atoms with Crippen LogP contribution in [0.5, 0.6) is 0 Å². The molecule has 1 unspecified atom stereocenters. The molecule has 2 aromatic heterocycles. The minimum absolute atomic E-state index is 0.0931. The fourth-order valence-electron chi connectivity index (χ4n) is 4.34. The largest absolute Gasteiger partial charge is 0.472 e. The van der Waals surface area contributed by atoms with Crippen molar-refractivity contribution in [2.75, 3.05) is 13.1 Å². The first kappa shape index (κ1) is 24.8. The number of halogens is 1. The zero-order valence-electron chi connectivity index (χ0n) is 20.1.